The number of carbonyl (C=O) groups excluding carboxylic acids is 2. The van der Waals surface area contributed by atoms with Crippen LogP contribution in [0.5, 0.6) is 5.75 Å². The standard InChI is InChI=1S/C16H22N2O3/c1-4-11-17-16(20)12(2)18-15(19)10-7-13-5-8-14(21-3)9-6-13/h5-10,12H,4,11H2,1-3H3,(H,17,20)(H,18,19)/b10-7+/t12-/m0/s1. The van der Waals surface area contributed by atoms with Crippen molar-refractivity contribution < 1.29 is 14.3 Å². The van der Waals surface area contributed by atoms with E-state index in [1.54, 1.807) is 20.1 Å². The average molecular weight is 290 g/mol. The fraction of sp³-hybridized carbons (Fsp3) is 0.375. The zero-order valence-electron chi connectivity index (χ0n) is 12.7. The SMILES string of the molecule is CCCNC(=O)[C@H](C)NC(=O)/C=C/c1ccc(OC)cc1. The van der Waals surface area contributed by atoms with Crippen LogP contribution in [0.15, 0.2) is 30.3 Å². The van der Waals surface area contributed by atoms with E-state index in [9.17, 15) is 9.59 Å². The summed E-state index contributed by atoms with van der Waals surface area (Å²) in [6, 6.07) is 6.78. The van der Waals surface area contributed by atoms with Gasteiger partial charge in [0.15, 0.2) is 0 Å². The lowest BCUT2D eigenvalue weighted by molar-refractivity contribution is -0.126. The molecule has 5 nitrogen and oxygen atoms in total. The Morgan fingerprint density at radius 1 is 1.29 bits per heavy atom. The van der Waals surface area contributed by atoms with Crippen molar-refractivity contribution in [3.8, 4) is 5.75 Å². The highest BCUT2D eigenvalue weighted by atomic mass is 16.5. The number of nitrogens with one attached hydrogen (secondary N) is 2. The van der Waals surface area contributed by atoms with Crippen LogP contribution in [0, 0.1) is 0 Å². The molecule has 0 aliphatic heterocycles. The Morgan fingerprint density at radius 3 is 2.52 bits per heavy atom. The lowest BCUT2D eigenvalue weighted by Gasteiger charge is -2.12. The molecule has 1 atom stereocenters. The minimum Gasteiger partial charge on any atom is -0.497 e. The molecule has 0 unspecified atom stereocenters. The highest BCUT2D eigenvalue weighted by Gasteiger charge is 2.12. The summed E-state index contributed by atoms with van der Waals surface area (Å²) < 4.78 is 5.06. The summed E-state index contributed by atoms with van der Waals surface area (Å²) in [5, 5.41) is 5.35. The topological polar surface area (TPSA) is 67.4 Å². The van der Waals surface area contributed by atoms with E-state index in [0.717, 1.165) is 17.7 Å². The van der Waals surface area contributed by atoms with Gasteiger partial charge in [0, 0.05) is 12.6 Å². The van der Waals surface area contributed by atoms with Crippen molar-refractivity contribution in [2.45, 2.75) is 26.3 Å². The molecule has 0 spiro atoms. The van der Waals surface area contributed by atoms with E-state index < -0.39 is 6.04 Å². The van der Waals surface area contributed by atoms with E-state index in [2.05, 4.69) is 10.6 Å². The van der Waals surface area contributed by atoms with Gasteiger partial charge in [-0.05, 0) is 37.1 Å². The quantitative estimate of drug-likeness (QED) is 0.752. The van der Waals surface area contributed by atoms with Crippen molar-refractivity contribution in [1.29, 1.82) is 0 Å². The van der Waals surface area contributed by atoms with Crippen LogP contribution in [0.2, 0.25) is 0 Å². The summed E-state index contributed by atoms with van der Waals surface area (Å²) in [4.78, 5) is 23.3. The summed E-state index contributed by atoms with van der Waals surface area (Å²) in [7, 11) is 1.60. The van der Waals surface area contributed by atoms with Gasteiger partial charge in [-0.3, -0.25) is 9.59 Å². The molecule has 0 aliphatic carbocycles. The van der Waals surface area contributed by atoms with Gasteiger partial charge in [0.25, 0.3) is 0 Å². The molecule has 1 rings (SSSR count). The third kappa shape index (κ3) is 6.12. The summed E-state index contributed by atoms with van der Waals surface area (Å²) in [5.74, 6) is 0.283. The van der Waals surface area contributed by atoms with Crippen LogP contribution in [0.25, 0.3) is 6.08 Å². The van der Waals surface area contributed by atoms with Crippen molar-refractivity contribution in [1.82, 2.24) is 10.6 Å². The fourth-order valence-electron chi connectivity index (χ4n) is 1.62. The Bertz CT molecular complexity index is 495. The van der Waals surface area contributed by atoms with Gasteiger partial charge < -0.3 is 15.4 Å². The van der Waals surface area contributed by atoms with Crippen LogP contribution in [0.1, 0.15) is 25.8 Å². The molecular formula is C16H22N2O3. The predicted molar refractivity (Wildman–Crippen MR) is 82.9 cm³/mol. The van der Waals surface area contributed by atoms with Crippen molar-refractivity contribution in [2.75, 3.05) is 13.7 Å². The number of rotatable bonds is 7. The summed E-state index contributed by atoms with van der Waals surface area (Å²) in [6.07, 6.45) is 3.96. The first-order chi connectivity index (χ1) is 10.1. The summed E-state index contributed by atoms with van der Waals surface area (Å²) in [5.41, 5.74) is 0.883. The molecule has 0 saturated heterocycles. The number of carbonyl (C=O) groups is 2. The third-order valence-corrected chi connectivity index (χ3v) is 2.84. The monoisotopic (exact) mass is 290 g/mol. The maximum Gasteiger partial charge on any atom is 0.244 e. The number of hydrogen-bond donors (Lipinski definition) is 2. The molecule has 2 amide bonds. The Balaban J connectivity index is 2.48. The number of ether oxygens (including phenoxy) is 1. The molecule has 2 N–H and O–H groups in total. The van der Waals surface area contributed by atoms with Gasteiger partial charge in [-0.25, -0.2) is 0 Å². The third-order valence-electron chi connectivity index (χ3n) is 2.84. The Morgan fingerprint density at radius 2 is 1.95 bits per heavy atom. The molecule has 1 aromatic carbocycles. The molecule has 0 bridgehead atoms. The number of methoxy groups -OCH3 is 1. The highest BCUT2D eigenvalue weighted by Crippen LogP contribution is 2.12. The zero-order chi connectivity index (χ0) is 15.7. The molecule has 0 aliphatic rings. The first kappa shape index (κ1) is 16.8. The predicted octanol–water partition coefficient (Wildman–Crippen LogP) is 1.74. The van der Waals surface area contributed by atoms with E-state index in [4.69, 9.17) is 4.74 Å². The molecule has 0 heterocycles. The first-order valence-electron chi connectivity index (χ1n) is 6.97. The molecule has 0 radical (unpaired) electrons. The molecule has 0 saturated carbocycles. The minimum absolute atomic E-state index is 0.178. The lowest BCUT2D eigenvalue weighted by Crippen LogP contribution is -2.44. The van der Waals surface area contributed by atoms with E-state index in [0.29, 0.717) is 6.54 Å². The van der Waals surface area contributed by atoms with Crippen molar-refractivity contribution in [2.24, 2.45) is 0 Å². The van der Waals surface area contributed by atoms with Crippen LogP contribution in [0.3, 0.4) is 0 Å². The van der Waals surface area contributed by atoms with E-state index in [1.807, 2.05) is 31.2 Å². The molecular weight excluding hydrogens is 268 g/mol. The Hall–Kier alpha value is -2.30. The van der Waals surface area contributed by atoms with E-state index in [-0.39, 0.29) is 11.8 Å². The van der Waals surface area contributed by atoms with E-state index in [1.165, 1.54) is 6.08 Å². The van der Waals surface area contributed by atoms with E-state index >= 15 is 0 Å². The van der Waals surface area contributed by atoms with Gasteiger partial charge in [-0.1, -0.05) is 19.1 Å². The van der Waals surface area contributed by atoms with Crippen molar-refractivity contribution >= 4 is 17.9 Å². The van der Waals surface area contributed by atoms with Gasteiger partial charge in [-0.15, -0.1) is 0 Å². The molecule has 0 aromatic heterocycles. The van der Waals surface area contributed by atoms with Crippen LogP contribution in [-0.2, 0) is 9.59 Å². The second-order valence-electron chi connectivity index (χ2n) is 4.63. The average Bonchev–Trinajstić information content (AvgIpc) is 2.50. The molecule has 114 valence electrons. The second kappa shape index (κ2) is 8.79. The van der Waals surface area contributed by atoms with Crippen molar-refractivity contribution in [3.05, 3.63) is 35.9 Å². The Labute approximate surface area is 125 Å². The number of benzene rings is 1. The summed E-state index contributed by atoms with van der Waals surface area (Å²) in [6.45, 7) is 4.24. The lowest BCUT2D eigenvalue weighted by atomic mass is 10.2. The number of amides is 2. The van der Waals surface area contributed by atoms with Gasteiger partial charge in [0.05, 0.1) is 7.11 Å². The molecule has 1 aromatic rings. The van der Waals surface area contributed by atoms with Crippen LogP contribution < -0.4 is 15.4 Å². The van der Waals surface area contributed by atoms with Crippen LogP contribution in [-0.4, -0.2) is 31.5 Å². The smallest absolute Gasteiger partial charge is 0.244 e. The Kier molecular flexibility index (Phi) is 7.01. The van der Waals surface area contributed by atoms with Crippen molar-refractivity contribution in [3.63, 3.8) is 0 Å². The van der Waals surface area contributed by atoms with Crippen LogP contribution >= 0.6 is 0 Å². The maximum absolute atomic E-state index is 11.7. The summed E-state index contributed by atoms with van der Waals surface area (Å²) >= 11 is 0. The van der Waals surface area contributed by atoms with Gasteiger partial charge >= 0.3 is 0 Å². The van der Waals surface area contributed by atoms with Gasteiger partial charge in [0.2, 0.25) is 11.8 Å². The fourth-order valence-corrected chi connectivity index (χ4v) is 1.62. The molecule has 5 heteroatoms. The number of hydrogen-bond acceptors (Lipinski definition) is 3. The second-order valence-corrected chi connectivity index (χ2v) is 4.63. The first-order valence-corrected chi connectivity index (χ1v) is 6.97. The van der Waals surface area contributed by atoms with Gasteiger partial charge in [0.1, 0.15) is 11.8 Å². The minimum atomic E-state index is -0.551. The van der Waals surface area contributed by atoms with Gasteiger partial charge in [-0.2, -0.15) is 0 Å². The molecule has 21 heavy (non-hydrogen) atoms. The highest BCUT2D eigenvalue weighted by molar-refractivity contribution is 5.95. The zero-order valence-corrected chi connectivity index (χ0v) is 12.7. The molecule has 0 fully saturated rings. The maximum atomic E-state index is 11.7. The normalized spacial score (nSPS) is 12.0. The van der Waals surface area contributed by atoms with Crippen LogP contribution in [0.4, 0.5) is 0 Å². The largest absolute Gasteiger partial charge is 0.497 e.